The number of anilines is 1. The Morgan fingerprint density at radius 2 is 1.56 bits per heavy atom. The van der Waals surface area contributed by atoms with E-state index >= 15 is 0 Å². The van der Waals surface area contributed by atoms with Crippen molar-refractivity contribution in [2.75, 3.05) is 25.0 Å². The van der Waals surface area contributed by atoms with Crippen molar-refractivity contribution in [2.24, 2.45) is 0 Å². The van der Waals surface area contributed by atoms with Crippen LogP contribution in [0.25, 0.3) is 0 Å². The molecule has 0 aliphatic rings. The minimum atomic E-state index is -4.24. The summed E-state index contributed by atoms with van der Waals surface area (Å²) >= 11 is 6.26. The fourth-order valence-corrected chi connectivity index (χ4v) is 6.35. The fourth-order valence-electron chi connectivity index (χ4n) is 4.76. The first-order valence-electron chi connectivity index (χ1n) is 13.6. The van der Waals surface area contributed by atoms with Crippen LogP contribution in [0.15, 0.2) is 108 Å². The summed E-state index contributed by atoms with van der Waals surface area (Å²) in [6, 6.07) is 28.3. The first kappa shape index (κ1) is 31.6. The van der Waals surface area contributed by atoms with Gasteiger partial charge in [0.2, 0.25) is 11.8 Å². The summed E-state index contributed by atoms with van der Waals surface area (Å²) in [4.78, 5) is 29.1. The highest BCUT2D eigenvalue weighted by Gasteiger charge is 2.34. The van der Waals surface area contributed by atoms with Gasteiger partial charge >= 0.3 is 0 Å². The van der Waals surface area contributed by atoms with Gasteiger partial charge in [-0.15, -0.1) is 0 Å². The fraction of sp³-hybridized carbons (Fsp3) is 0.212. The van der Waals surface area contributed by atoms with E-state index in [0.717, 1.165) is 21.0 Å². The number of carbonyl (C=O) groups excluding carboxylic acids is 2. The number of nitrogens with one attached hydrogen (secondary N) is 1. The quantitative estimate of drug-likeness (QED) is 0.234. The highest BCUT2D eigenvalue weighted by Crippen LogP contribution is 2.28. The predicted octanol–water partition coefficient (Wildman–Crippen LogP) is 5.24. The molecule has 0 aliphatic heterocycles. The number of nitrogens with zero attached hydrogens (tertiary/aromatic N) is 2. The summed E-state index contributed by atoms with van der Waals surface area (Å²) in [5.74, 6) is -0.428. The van der Waals surface area contributed by atoms with Gasteiger partial charge in [0.05, 0.1) is 17.7 Å². The molecule has 10 heteroatoms. The van der Waals surface area contributed by atoms with Crippen molar-refractivity contribution < 1.29 is 22.7 Å². The maximum atomic E-state index is 14.3. The topological polar surface area (TPSA) is 96.0 Å². The molecule has 0 unspecified atom stereocenters. The standard InChI is InChI=1S/C33H34ClN3O5S/c1-24-9-7-12-26(19-24)22-36(31(33(39)35-2)20-25-10-5-4-6-11-25)32(38)23-37(28-14-8-13-27(34)21-28)43(40,41)30-17-15-29(42-3)16-18-30/h4-19,21,31H,20,22-23H2,1-3H3,(H,35,39)/t31-/m0/s1. The monoisotopic (exact) mass is 619 g/mol. The van der Waals surface area contributed by atoms with Crippen LogP contribution in [0, 0.1) is 6.92 Å². The predicted molar refractivity (Wildman–Crippen MR) is 169 cm³/mol. The molecule has 0 saturated heterocycles. The van der Waals surface area contributed by atoms with Gasteiger partial charge in [0, 0.05) is 25.0 Å². The lowest BCUT2D eigenvalue weighted by molar-refractivity contribution is -0.139. The second-order valence-electron chi connectivity index (χ2n) is 10.00. The molecule has 4 rings (SSSR count). The summed E-state index contributed by atoms with van der Waals surface area (Å²) in [5, 5.41) is 2.99. The molecule has 0 aromatic heterocycles. The van der Waals surface area contributed by atoms with Crippen molar-refractivity contribution in [1.82, 2.24) is 10.2 Å². The molecule has 8 nitrogen and oxygen atoms in total. The Kier molecular flexibility index (Phi) is 10.4. The molecule has 4 aromatic rings. The number of rotatable bonds is 12. The lowest BCUT2D eigenvalue weighted by Crippen LogP contribution is -2.53. The number of halogens is 1. The number of hydrogen-bond acceptors (Lipinski definition) is 5. The number of likely N-dealkylation sites (N-methyl/N-ethyl adjacent to an activating group) is 1. The van der Waals surface area contributed by atoms with Crippen LogP contribution in [-0.2, 0) is 32.6 Å². The van der Waals surface area contributed by atoms with Crippen LogP contribution in [0.2, 0.25) is 5.02 Å². The lowest BCUT2D eigenvalue weighted by Gasteiger charge is -2.33. The summed E-state index contributed by atoms with van der Waals surface area (Å²) in [6.07, 6.45) is 0.237. The Labute approximate surface area is 257 Å². The molecular formula is C33H34ClN3O5S. The van der Waals surface area contributed by atoms with E-state index in [9.17, 15) is 18.0 Å². The van der Waals surface area contributed by atoms with Gasteiger partial charge in [-0.3, -0.25) is 13.9 Å². The number of amides is 2. The Hall–Kier alpha value is -4.34. The van der Waals surface area contributed by atoms with Crippen molar-refractivity contribution in [3.8, 4) is 5.75 Å². The van der Waals surface area contributed by atoms with E-state index in [1.54, 1.807) is 18.2 Å². The van der Waals surface area contributed by atoms with Crippen molar-refractivity contribution in [3.63, 3.8) is 0 Å². The maximum absolute atomic E-state index is 14.3. The number of sulfonamides is 1. The molecule has 4 aromatic carbocycles. The first-order valence-corrected chi connectivity index (χ1v) is 15.5. The molecule has 1 atom stereocenters. The van der Waals surface area contributed by atoms with Crippen LogP contribution in [-0.4, -0.2) is 51.9 Å². The number of methoxy groups -OCH3 is 1. The zero-order chi connectivity index (χ0) is 31.0. The van der Waals surface area contributed by atoms with Crippen LogP contribution < -0.4 is 14.4 Å². The largest absolute Gasteiger partial charge is 0.497 e. The van der Waals surface area contributed by atoms with Gasteiger partial charge in [-0.1, -0.05) is 77.8 Å². The average Bonchev–Trinajstić information content (AvgIpc) is 3.01. The highest BCUT2D eigenvalue weighted by molar-refractivity contribution is 7.92. The van der Waals surface area contributed by atoms with E-state index < -0.39 is 28.5 Å². The van der Waals surface area contributed by atoms with Crippen LogP contribution in [0.1, 0.15) is 16.7 Å². The third-order valence-corrected chi connectivity index (χ3v) is 9.00. The van der Waals surface area contributed by atoms with E-state index in [-0.39, 0.29) is 29.5 Å². The Bertz CT molecular complexity index is 1660. The van der Waals surface area contributed by atoms with Gasteiger partial charge in [-0.05, 0) is 60.5 Å². The number of benzene rings is 4. The van der Waals surface area contributed by atoms with Gasteiger partial charge in [-0.25, -0.2) is 8.42 Å². The molecule has 43 heavy (non-hydrogen) atoms. The van der Waals surface area contributed by atoms with Gasteiger partial charge in [0.25, 0.3) is 10.0 Å². The van der Waals surface area contributed by atoms with Crippen molar-refractivity contribution >= 4 is 39.1 Å². The molecule has 0 saturated carbocycles. The molecule has 0 bridgehead atoms. The third kappa shape index (κ3) is 7.94. The van der Waals surface area contributed by atoms with Gasteiger partial charge in [0.15, 0.2) is 0 Å². The minimum absolute atomic E-state index is 0.0292. The van der Waals surface area contributed by atoms with Gasteiger partial charge in [0.1, 0.15) is 18.3 Å². The van der Waals surface area contributed by atoms with Crippen LogP contribution in [0.3, 0.4) is 0 Å². The Balaban J connectivity index is 1.79. The summed E-state index contributed by atoms with van der Waals surface area (Å²) < 4.78 is 34.3. The molecule has 0 spiro atoms. The Morgan fingerprint density at radius 3 is 2.19 bits per heavy atom. The number of aryl methyl sites for hydroxylation is 1. The SMILES string of the molecule is CNC(=O)[C@H](Cc1ccccc1)N(Cc1cccc(C)c1)C(=O)CN(c1cccc(Cl)c1)S(=O)(=O)c1ccc(OC)cc1. The smallest absolute Gasteiger partial charge is 0.264 e. The van der Waals surface area contributed by atoms with Gasteiger partial charge < -0.3 is 15.0 Å². The van der Waals surface area contributed by atoms with E-state index in [1.165, 1.54) is 49.4 Å². The van der Waals surface area contributed by atoms with E-state index in [4.69, 9.17) is 16.3 Å². The molecule has 0 aliphatic carbocycles. The lowest BCUT2D eigenvalue weighted by atomic mass is 10.0. The average molecular weight is 620 g/mol. The van der Waals surface area contributed by atoms with Crippen LogP contribution in [0.5, 0.6) is 5.75 Å². The minimum Gasteiger partial charge on any atom is -0.497 e. The molecule has 0 heterocycles. The van der Waals surface area contributed by atoms with Crippen LogP contribution in [0.4, 0.5) is 5.69 Å². The maximum Gasteiger partial charge on any atom is 0.264 e. The zero-order valence-corrected chi connectivity index (χ0v) is 25.8. The number of carbonyl (C=O) groups is 2. The normalized spacial score (nSPS) is 11.8. The second-order valence-corrected chi connectivity index (χ2v) is 12.3. The van der Waals surface area contributed by atoms with Crippen molar-refractivity contribution in [1.29, 1.82) is 0 Å². The zero-order valence-electron chi connectivity index (χ0n) is 24.2. The Morgan fingerprint density at radius 1 is 0.884 bits per heavy atom. The van der Waals surface area contributed by atoms with E-state index in [2.05, 4.69) is 5.32 Å². The first-order chi connectivity index (χ1) is 20.6. The molecule has 2 amide bonds. The van der Waals surface area contributed by atoms with Crippen molar-refractivity contribution in [2.45, 2.75) is 30.8 Å². The third-order valence-electron chi connectivity index (χ3n) is 6.98. The molecule has 0 radical (unpaired) electrons. The molecule has 0 fully saturated rings. The summed E-state index contributed by atoms with van der Waals surface area (Å²) in [7, 11) is -1.24. The summed E-state index contributed by atoms with van der Waals surface area (Å²) in [5.41, 5.74) is 2.87. The van der Waals surface area contributed by atoms with E-state index in [0.29, 0.717) is 10.8 Å². The van der Waals surface area contributed by atoms with E-state index in [1.807, 2.05) is 61.5 Å². The van der Waals surface area contributed by atoms with Crippen LogP contribution >= 0.6 is 11.6 Å². The van der Waals surface area contributed by atoms with Gasteiger partial charge in [-0.2, -0.15) is 0 Å². The highest BCUT2D eigenvalue weighted by atomic mass is 35.5. The van der Waals surface area contributed by atoms with Crippen molar-refractivity contribution in [3.05, 3.63) is 125 Å². The molecule has 1 N–H and O–H groups in total. The second kappa shape index (κ2) is 14.2. The molecular weight excluding hydrogens is 586 g/mol. The molecule has 224 valence electrons. The summed E-state index contributed by atoms with van der Waals surface area (Å²) in [6.45, 7) is 1.47. The number of hydrogen-bond donors (Lipinski definition) is 1. The number of ether oxygens (including phenoxy) is 1.